The van der Waals surface area contributed by atoms with Crippen molar-refractivity contribution < 1.29 is 5.11 Å². The van der Waals surface area contributed by atoms with Crippen molar-refractivity contribution in [3.8, 4) is 0 Å². The van der Waals surface area contributed by atoms with Crippen LogP contribution in [0.25, 0.3) is 0 Å². The van der Waals surface area contributed by atoms with Gasteiger partial charge < -0.3 is 20.2 Å². The van der Waals surface area contributed by atoms with E-state index in [1.165, 1.54) is 32.5 Å². The van der Waals surface area contributed by atoms with Crippen molar-refractivity contribution in [2.24, 2.45) is 5.92 Å². The van der Waals surface area contributed by atoms with E-state index in [9.17, 15) is 5.11 Å². The maximum atomic E-state index is 9.36. The molecule has 0 spiro atoms. The fourth-order valence-corrected chi connectivity index (χ4v) is 2.95. The van der Waals surface area contributed by atoms with Crippen LogP contribution in [-0.4, -0.2) is 73.9 Å². The van der Waals surface area contributed by atoms with Crippen LogP contribution in [0.15, 0.2) is 0 Å². The van der Waals surface area contributed by atoms with E-state index in [1.807, 2.05) is 0 Å². The van der Waals surface area contributed by atoms with Crippen molar-refractivity contribution >= 4 is 0 Å². The van der Waals surface area contributed by atoms with Gasteiger partial charge in [0.25, 0.3) is 0 Å². The van der Waals surface area contributed by atoms with Crippen LogP contribution in [0.5, 0.6) is 0 Å². The molecule has 0 bridgehead atoms. The number of piperidine rings is 1. The van der Waals surface area contributed by atoms with Crippen molar-refractivity contribution in [2.45, 2.75) is 45.2 Å². The Hall–Kier alpha value is -0.160. The summed E-state index contributed by atoms with van der Waals surface area (Å²) in [5.74, 6) is 0.869. The number of nitrogens with zero attached hydrogens (tertiary/aromatic N) is 2. The van der Waals surface area contributed by atoms with Crippen molar-refractivity contribution in [2.75, 3.05) is 46.9 Å². The van der Waals surface area contributed by atoms with Gasteiger partial charge in [-0.15, -0.1) is 0 Å². The minimum atomic E-state index is 0.245. The van der Waals surface area contributed by atoms with E-state index in [0.717, 1.165) is 18.9 Å². The minimum Gasteiger partial charge on any atom is -0.395 e. The van der Waals surface area contributed by atoms with E-state index in [2.05, 4.69) is 43.1 Å². The number of hydrogen-bond acceptors (Lipinski definition) is 4. The smallest absolute Gasteiger partial charge is 0.0585 e. The molecule has 19 heavy (non-hydrogen) atoms. The van der Waals surface area contributed by atoms with E-state index >= 15 is 0 Å². The molecular weight excluding hydrogens is 238 g/mol. The highest BCUT2D eigenvalue weighted by molar-refractivity contribution is 4.76. The Kier molecular flexibility index (Phi) is 7.91. The highest BCUT2D eigenvalue weighted by Gasteiger charge is 2.20. The van der Waals surface area contributed by atoms with E-state index in [4.69, 9.17) is 0 Å². The third-order valence-electron chi connectivity index (χ3n) is 3.91. The van der Waals surface area contributed by atoms with Crippen molar-refractivity contribution in [3.63, 3.8) is 0 Å². The summed E-state index contributed by atoms with van der Waals surface area (Å²) in [6.45, 7) is 9.29. The van der Waals surface area contributed by atoms with Gasteiger partial charge in [-0.3, -0.25) is 0 Å². The number of aliphatic hydroxyl groups excluding tert-OH is 1. The van der Waals surface area contributed by atoms with Crippen molar-refractivity contribution in [3.05, 3.63) is 0 Å². The van der Waals surface area contributed by atoms with E-state index < -0.39 is 0 Å². The molecule has 114 valence electrons. The Labute approximate surface area is 119 Å². The van der Waals surface area contributed by atoms with Crippen LogP contribution in [-0.2, 0) is 0 Å². The summed E-state index contributed by atoms with van der Waals surface area (Å²) < 4.78 is 0. The molecule has 0 aromatic carbocycles. The zero-order valence-electron chi connectivity index (χ0n) is 13.2. The van der Waals surface area contributed by atoms with Gasteiger partial charge in [-0.25, -0.2) is 0 Å². The molecule has 0 saturated carbocycles. The third kappa shape index (κ3) is 7.25. The molecule has 1 atom stereocenters. The predicted octanol–water partition coefficient (Wildman–Crippen LogP) is 1.01. The van der Waals surface area contributed by atoms with Gasteiger partial charge in [0.1, 0.15) is 0 Å². The SMILES string of the molecule is CC(C)NC(CO)CCN1CCC(CN(C)C)CC1. The molecule has 1 aliphatic rings. The molecule has 1 saturated heterocycles. The predicted molar refractivity (Wildman–Crippen MR) is 81.5 cm³/mol. The Balaban J connectivity index is 2.18. The van der Waals surface area contributed by atoms with E-state index in [-0.39, 0.29) is 12.6 Å². The number of nitrogens with one attached hydrogen (secondary N) is 1. The molecule has 2 N–H and O–H groups in total. The lowest BCUT2D eigenvalue weighted by atomic mass is 9.96. The molecule has 4 nitrogen and oxygen atoms in total. The first-order valence-electron chi connectivity index (χ1n) is 7.75. The summed E-state index contributed by atoms with van der Waals surface area (Å²) in [5, 5.41) is 12.8. The molecule has 0 radical (unpaired) electrons. The number of rotatable bonds is 8. The topological polar surface area (TPSA) is 38.7 Å². The molecular formula is C15H33N3O. The van der Waals surface area contributed by atoms with Crippen LogP contribution < -0.4 is 5.32 Å². The number of hydrogen-bond donors (Lipinski definition) is 2. The normalized spacial score (nSPS) is 20.4. The standard InChI is InChI=1S/C15H33N3O/c1-13(2)16-15(12-19)7-10-18-8-5-14(6-9-18)11-17(3)4/h13-16,19H,5-12H2,1-4H3. The average Bonchev–Trinajstić information content (AvgIpc) is 2.35. The molecule has 0 aromatic rings. The van der Waals surface area contributed by atoms with Gasteiger partial charge in [-0.05, 0) is 58.9 Å². The first-order chi connectivity index (χ1) is 9.01. The van der Waals surface area contributed by atoms with Crippen LogP contribution >= 0.6 is 0 Å². The second-order valence-corrected chi connectivity index (χ2v) is 6.54. The molecule has 1 rings (SSSR count). The van der Waals surface area contributed by atoms with Gasteiger partial charge in [0.15, 0.2) is 0 Å². The molecule has 0 aliphatic carbocycles. The summed E-state index contributed by atoms with van der Waals surface area (Å²) in [7, 11) is 4.33. The summed E-state index contributed by atoms with van der Waals surface area (Å²) >= 11 is 0. The first kappa shape index (κ1) is 16.9. The van der Waals surface area contributed by atoms with Crippen LogP contribution in [0.2, 0.25) is 0 Å². The highest BCUT2D eigenvalue weighted by atomic mass is 16.3. The Morgan fingerprint density at radius 1 is 1.26 bits per heavy atom. The van der Waals surface area contributed by atoms with Gasteiger partial charge in [-0.1, -0.05) is 13.8 Å². The molecule has 1 unspecified atom stereocenters. The lowest BCUT2D eigenvalue weighted by molar-refractivity contribution is 0.147. The van der Waals surface area contributed by atoms with E-state index in [0.29, 0.717) is 6.04 Å². The van der Waals surface area contributed by atoms with Crippen LogP contribution in [0.1, 0.15) is 33.1 Å². The summed E-state index contributed by atoms with van der Waals surface area (Å²) in [6.07, 6.45) is 3.69. The molecule has 1 fully saturated rings. The highest BCUT2D eigenvalue weighted by Crippen LogP contribution is 2.18. The minimum absolute atomic E-state index is 0.245. The lowest BCUT2D eigenvalue weighted by Gasteiger charge is -2.34. The molecule has 1 heterocycles. The van der Waals surface area contributed by atoms with Crippen LogP contribution in [0, 0.1) is 5.92 Å². The van der Waals surface area contributed by atoms with Gasteiger partial charge in [0.2, 0.25) is 0 Å². The average molecular weight is 271 g/mol. The Morgan fingerprint density at radius 2 is 1.89 bits per heavy atom. The second kappa shape index (κ2) is 8.90. The van der Waals surface area contributed by atoms with Crippen LogP contribution in [0.4, 0.5) is 0 Å². The van der Waals surface area contributed by atoms with Gasteiger partial charge in [0.05, 0.1) is 6.61 Å². The quantitative estimate of drug-likeness (QED) is 0.691. The monoisotopic (exact) mass is 271 g/mol. The summed E-state index contributed by atoms with van der Waals surface area (Å²) in [5.41, 5.74) is 0. The Bertz CT molecular complexity index is 225. The number of likely N-dealkylation sites (tertiary alicyclic amines) is 1. The number of aliphatic hydroxyl groups is 1. The molecule has 0 aromatic heterocycles. The van der Waals surface area contributed by atoms with Crippen LogP contribution in [0.3, 0.4) is 0 Å². The second-order valence-electron chi connectivity index (χ2n) is 6.54. The van der Waals surface area contributed by atoms with Gasteiger partial charge in [-0.2, -0.15) is 0 Å². The zero-order valence-corrected chi connectivity index (χ0v) is 13.2. The van der Waals surface area contributed by atoms with Crippen molar-refractivity contribution in [1.29, 1.82) is 0 Å². The van der Waals surface area contributed by atoms with Gasteiger partial charge >= 0.3 is 0 Å². The first-order valence-corrected chi connectivity index (χ1v) is 7.75. The largest absolute Gasteiger partial charge is 0.395 e. The fraction of sp³-hybridized carbons (Fsp3) is 1.00. The molecule has 0 amide bonds. The maximum Gasteiger partial charge on any atom is 0.0585 e. The van der Waals surface area contributed by atoms with Gasteiger partial charge in [0, 0.05) is 18.6 Å². The zero-order chi connectivity index (χ0) is 14.3. The summed E-state index contributed by atoms with van der Waals surface area (Å²) in [4.78, 5) is 4.85. The molecule has 1 aliphatic heterocycles. The summed E-state index contributed by atoms with van der Waals surface area (Å²) in [6, 6.07) is 0.697. The molecule has 4 heteroatoms. The third-order valence-corrected chi connectivity index (χ3v) is 3.91. The van der Waals surface area contributed by atoms with E-state index in [1.54, 1.807) is 0 Å². The lowest BCUT2D eigenvalue weighted by Crippen LogP contribution is -2.42. The Morgan fingerprint density at radius 3 is 2.37 bits per heavy atom. The van der Waals surface area contributed by atoms with Crippen molar-refractivity contribution in [1.82, 2.24) is 15.1 Å². The fourth-order valence-electron chi connectivity index (χ4n) is 2.95. The maximum absolute atomic E-state index is 9.36.